The molecule has 1 aliphatic rings. The molecule has 22 heavy (non-hydrogen) atoms. The smallest absolute Gasteiger partial charge is 0.284 e. The average molecular weight is 341 g/mol. The van der Waals surface area contributed by atoms with Crippen LogP contribution in [0.2, 0.25) is 0 Å². The molecule has 8 nitrogen and oxygen atoms in total. The van der Waals surface area contributed by atoms with Crippen molar-refractivity contribution in [1.29, 1.82) is 0 Å². The van der Waals surface area contributed by atoms with Gasteiger partial charge in [-0.3, -0.25) is 10.1 Å². The van der Waals surface area contributed by atoms with Crippen LogP contribution in [-0.2, 0) is 9.84 Å². The van der Waals surface area contributed by atoms with Crippen LogP contribution in [0.4, 0.5) is 5.69 Å². The molecule has 1 aromatic carbocycles. The van der Waals surface area contributed by atoms with E-state index in [9.17, 15) is 18.5 Å². The predicted octanol–water partition coefficient (Wildman–Crippen LogP) is 2.41. The first-order chi connectivity index (χ1) is 10.3. The summed E-state index contributed by atoms with van der Waals surface area (Å²) in [5.74, 6) is 0.836. The first kappa shape index (κ1) is 15.0. The highest BCUT2D eigenvalue weighted by atomic mass is 32.2. The van der Waals surface area contributed by atoms with Crippen LogP contribution in [0.15, 0.2) is 37.6 Å². The minimum Gasteiger partial charge on any atom is -0.415 e. The van der Waals surface area contributed by atoms with Gasteiger partial charge in [0, 0.05) is 18.2 Å². The zero-order chi connectivity index (χ0) is 15.9. The van der Waals surface area contributed by atoms with E-state index in [1.165, 1.54) is 12.1 Å². The van der Waals surface area contributed by atoms with Gasteiger partial charge in [-0.25, -0.2) is 8.42 Å². The molecule has 1 heterocycles. The Morgan fingerprint density at radius 1 is 1.36 bits per heavy atom. The van der Waals surface area contributed by atoms with Gasteiger partial charge in [0.1, 0.15) is 0 Å². The third kappa shape index (κ3) is 3.12. The van der Waals surface area contributed by atoms with Gasteiger partial charge in [-0.1, -0.05) is 0 Å². The lowest BCUT2D eigenvalue weighted by Gasteiger charge is -2.02. The first-order valence-corrected chi connectivity index (χ1v) is 9.05. The van der Waals surface area contributed by atoms with Gasteiger partial charge in [0.15, 0.2) is 9.84 Å². The van der Waals surface area contributed by atoms with Gasteiger partial charge in [0.2, 0.25) is 5.89 Å². The Kier molecular flexibility index (Phi) is 3.65. The highest BCUT2D eigenvalue weighted by Gasteiger charge is 2.30. The minimum absolute atomic E-state index is 0.104. The summed E-state index contributed by atoms with van der Waals surface area (Å²) in [4.78, 5) is 10.7. The van der Waals surface area contributed by atoms with Gasteiger partial charge in [-0.15, -0.1) is 10.2 Å². The van der Waals surface area contributed by atoms with E-state index in [1.807, 2.05) is 0 Å². The molecule has 1 aliphatic carbocycles. The van der Waals surface area contributed by atoms with Crippen molar-refractivity contribution >= 4 is 27.3 Å². The fourth-order valence-electron chi connectivity index (χ4n) is 1.81. The number of benzene rings is 1. The van der Waals surface area contributed by atoms with Crippen molar-refractivity contribution in [2.24, 2.45) is 0 Å². The lowest BCUT2D eigenvalue weighted by Crippen LogP contribution is -1.99. The Labute approximate surface area is 130 Å². The van der Waals surface area contributed by atoms with Crippen LogP contribution >= 0.6 is 11.8 Å². The molecule has 0 N–H and O–H groups in total. The van der Waals surface area contributed by atoms with Crippen LogP contribution in [0.5, 0.6) is 0 Å². The summed E-state index contributed by atoms with van der Waals surface area (Å²) in [7, 11) is -3.51. The molecule has 0 saturated heterocycles. The van der Waals surface area contributed by atoms with Crippen molar-refractivity contribution in [3.63, 3.8) is 0 Å². The maximum atomic E-state index is 11.5. The zero-order valence-electron chi connectivity index (χ0n) is 11.4. The molecule has 0 unspecified atom stereocenters. The Morgan fingerprint density at radius 2 is 2.09 bits per heavy atom. The molecule has 1 saturated carbocycles. The monoisotopic (exact) mass is 341 g/mol. The van der Waals surface area contributed by atoms with Crippen molar-refractivity contribution in [3.8, 4) is 0 Å². The number of nitro groups is 1. The maximum absolute atomic E-state index is 11.5. The summed E-state index contributed by atoms with van der Waals surface area (Å²) >= 11 is 0.951. The Hall–Kier alpha value is -1.94. The summed E-state index contributed by atoms with van der Waals surface area (Å²) in [6.07, 6.45) is 3.02. The maximum Gasteiger partial charge on any atom is 0.284 e. The second kappa shape index (κ2) is 5.36. The van der Waals surface area contributed by atoms with E-state index in [4.69, 9.17) is 4.42 Å². The quantitative estimate of drug-likeness (QED) is 0.601. The number of rotatable bonds is 5. The van der Waals surface area contributed by atoms with Gasteiger partial charge in [-0.2, -0.15) is 0 Å². The number of hydrogen-bond donors (Lipinski definition) is 0. The fourth-order valence-corrected chi connectivity index (χ4v) is 3.22. The molecule has 0 spiro atoms. The highest BCUT2D eigenvalue weighted by molar-refractivity contribution is 7.99. The van der Waals surface area contributed by atoms with E-state index in [2.05, 4.69) is 10.2 Å². The van der Waals surface area contributed by atoms with Crippen LogP contribution in [0.1, 0.15) is 24.7 Å². The summed E-state index contributed by atoms with van der Waals surface area (Å²) in [6.45, 7) is 0. The summed E-state index contributed by atoms with van der Waals surface area (Å²) in [5, 5.41) is 19.1. The third-order valence-corrected chi connectivity index (χ3v) is 5.12. The fraction of sp³-hybridized carbons (Fsp3) is 0.333. The van der Waals surface area contributed by atoms with Gasteiger partial charge in [0.25, 0.3) is 10.9 Å². The molecule has 1 aromatic heterocycles. The van der Waals surface area contributed by atoms with Crippen LogP contribution in [0.25, 0.3) is 0 Å². The largest absolute Gasteiger partial charge is 0.415 e. The molecular weight excluding hydrogens is 330 g/mol. The number of hydrogen-bond acceptors (Lipinski definition) is 8. The Balaban J connectivity index is 1.93. The van der Waals surface area contributed by atoms with E-state index in [0.29, 0.717) is 11.8 Å². The lowest BCUT2D eigenvalue weighted by atomic mass is 10.3. The topological polar surface area (TPSA) is 116 Å². The van der Waals surface area contributed by atoms with Crippen LogP contribution in [-0.4, -0.2) is 29.8 Å². The van der Waals surface area contributed by atoms with Crippen molar-refractivity contribution in [1.82, 2.24) is 10.2 Å². The molecule has 3 rings (SSSR count). The van der Waals surface area contributed by atoms with E-state index in [0.717, 1.165) is 36.9 Å². The summed E-state index contributed by atoms with van der Waals surface area (Å²) < 4.78 is 28.4. The van der Waals surface area contributed by atoms with Gasteiger partial charge in [-0.05, 0) is 36.7 Å². The summed E-state index contributed by atoms with van der Waals surface area (Å²) in [6, 6.07) is 3.73. The number of nitro benzene ring substituents is 1. The van der Waals surface area contributed by atoms with E-state index >= 15 is 0 Å². The molecule has 0 bridgehead atoms. The van der Waals surface area contributed by atoms with Crippen molar-refractivity contribution in [3.05, 3.63) is 34.2 Å². The summed E-state index contributed by atoms with van der Waals surface area (Å²) in [5.41, 5.74) is -0.306. The minimum atomic E-state index is -3.51. The third-order valence-electron chi connectivity index (χ3n) is 3.10. The molecule has 1 fully saturated rings. The Morgan fingerprint density at radius 3 is 2.68 bits per heavy atom. The first-order valence-electron chi connectivity index (χ1n) is 6.34. The van der Waals surface area contributed by atoms with Gasteiger partial charge >= 0.3 is 0 Å². The Bertz CT molecular complexity index is 842. The SMILES string of the molecule is CS(=O)(=O)c1ccc(Sc2nnc(C3CC3)o2)c([N+](=O)[O-])c1. The van der Waals surface area contributed by atoms with E-state index in [1.54, 1.807) is 0 Å². The molecule has 10 heteroatoms. The predicted molar refractivity (Wildman–Crippen MR) is 76.6 cm³/mol. The van der Waals surface area contributed by atoms with Gasteiger partial charge in [0.05, 0.1) is 14.7 Å². The molecule has 2 aromatic rings. The molecular formula is C12H11N3O5S2. The van der Waals surface area contributed by atoms with Gasteiger partial charge < -0.3 is 4.42 Å². The van der Waals surface area contributed by atoms with E-state index in [-0.39, 0.29) is 20.7 Å². The van der Waals surface area contributed by atoms with E-state index < -0.39 is 14.8 Å². The molecule has 116 valence electrons. The number of nitrogens with zero attached hydrogens (tertiary/aromatic N) is 3. The number of sulfone groups is 1. The zero-order valence-corrected chi connectivity index (χ0v) is 13.1. The number of aromatic nitrogens is 2. The second-order valence-electron chi connectivity index (χ2n) is 4.94. The van der Waals surface area contributed by atoms with Crippen molar-refractivity contribution in [2.75, 3.05) is 6.26 Å². The molecule has 0 atom stereocenters. The average Bonchev–Trinajstić information content (AvgIpc) is 3.18. The normalized spacial score (nSPS) is 15.0. The molecule has 0 radical (unpaired) electrons. The van der Waals surface area contributed by atoms with Crippen LogP contribution in [0.3, 0.4) is 0 Å². The highest BCUT2D eigenvalue weighted by Crippen LogP contribution is 2.41. The van der Waals surface area contributed by atoms with Crippen LogP contribution in [0, 0.1) is 10.1 Å². The standard InChI is InChI=1S/C12H11N3O5S2/c1-22(18,19)8-4-5-10(9(6-8)15(16)17)21-12-14-13-11(20-12)7-2-3-7/h4-7H,2-3H2,1H3. The lowest BCUT2D eigenvalue weighted by molar-refractivity contribution is -0.388. The molecule has 0 aliphatic heterocycles. The molecule has 0 amide bonds. The second-order valence-corrected chi connectivity index (χ2v) is 7.95. The van der Waals surface area contributed by atoms with Crippen LogP contribution < -0.4 is 0 Å². The van der Waals surface area contributed by atoms with Crippen molar-refractivity contribution in [2.45, 2.75) is 33.8 Å². The van der Waals surface area contributed by atoms with Crippen molar-refractivity contribution < 1.29 is 17.8 Å².